The van der Waals surface area contributed by atoms with Crippen molar-refractivity contribution in [2.45, 2.75) is 31.9 Å². The summed E-state index contributed by atoms with van der Waals surface area (Å²) in [7, 11) is 10.2. The summed E-state index contributed by atoms with van der Waals surface area (Å²) < 4.78 is 5.53. The Hall–Kier alpha value is -0.160. The van der Waals surface area contributed by atoms with Crippen molar-refractivity contribution >= 4 is 0 Å². The van der Waals surface area contributed by atoms with Crippen molar-refractivity contribution in [1.82, 2.24) is 15.1 Å². The standard InChI is InChI=1S/C13H31N3O/c1-13(2,17-7)12(14-3)8-9-16(6)11-10-15(4)5/h12,14H,8-11H2,1-7H3. The van der Waals surface area contributed by atoms with Gasteiger partial charge in [0.05, 0.1) is 5.60 Å². The van der Waals surface area contributed by atoms with E-state index in [1.807, 2.05) is 7.05 Å². The Bertz CT molecular complexity index is 195. The fourth-order valence-electron chi connectivity index (χ4n) is 1.81. The van der Waals surface area contributed by atoms with Crippen LogP contribution in [0, 0.1) is 0 Å². The molecule has 0 amide bonds. The maximum atomic E-state index is 5.53. The van der Waals surface area contributed by atoms with Crippen LogP contribution >= 0.6 is 0 Å². The van der Waals surface area contributed by atoms with E-state index in [0.29, 0.717) is 6.04 Å². The van der Waals surface area contributed by atoms with Crippen LogP contribution in [-0.4, -0.2) is 76.4 Å². The first-order chi connectivity index (χ1) is 7.83. The largest absolute Gasteiger partial charge is 0.377 e. The predicted octanol–water partition coefficient (Wildman–Crippen LogP) is 0.883. The Morgan fingerprint density at radius 1 is 1.12 bits per heavy atom. The fraction of sp³-hybridized carbons (Fsp3) is 1.00. The van der Waals surface area contributed by atoms with E-state index in [1.54, 1.807) is 7.11 Å². The first-order valence-electron chi connectivity index (χ1n) is 6.39. The molecule has 17 heavy (non-hydrogen) atoms. The predicted molar refractivity (Wildman–Crippen MR) is 74.6 cm³/mol. The van der Waals surface area contributed by atoms with Gasteiger partial charge in [-0.1, -0.05) is 0 Å². The van der Waals surface area contributed by atoms with Gasteiger partial charge in [-0.3, -0.25) is 0 Å². The topological polar surface area (TPSA) is 27.7 Å². The first kappa shape index (κ1) is 16.8. The van der Waals surface area contributed by atoms with Crippen LogP contribution in [0.2, 0.25) is 0 Å². The zero-order valence-corrected chi connectivity index (χ0v) is 12.7. The van der Waals surface area contributed by atoms with Gasteiger partial charge in [-0.05, 0) is 55.0 Å². The smallest absolute Gasteiger partial charge is 0.0775 e. The molecule has 1 unspecified atom stereocenters. The third kappa shape index (κ3) is 6.99. The van der Waals surface area contributed by atoms with Crippen molar-refractivity contribution in [1.29, 1.82) is 0 Å². The molecule has 104 valence electrons. The molecular formula is C13H31N3O. The normalized spacial score (nSPS) is 14.6. The van der Waals surface area contributed by atoms with Crippen LogP contribution in [-0.2, 0) is 4.74 Å². The number of hydrogen-bond acceptors (Lipinski definition) is 4. The van der Waals surface area contributed by atoms with Gasteiger partial charge in [-0.25, -0.2) is 0 Å². The number of likely N-dealkylation sites (N-methyl/N-ethyl adjacent to an activating group) is 3. The van der Waals surface area contributed by atoms with Crippen molar-refractivity contribution in [3.8, 4) is 0 Å². The minimum absolute atomic E-state index is 0.114. The summed E-state index contributed by atoms with van der Waals surface area (Å²) >= 11 is 0. The molecule has 0 bridgehead atoms. The van der Waals surface area contributed by atoms with Crippen LogP contribution in [0.15, 0.2) is 0 Å². The number of nitrogens with one attached hydrogen (secondary N) is 1. The van der Waals surface area contributed by atoms with Crippen molar-refractivity contribution < 1.29 is 4.74 Å². The first-order valence-corrected chi connectivity index (χ1v) is 6.39. The maximum Gasteiger partial charge on any atom is 0.0775 e. The lowest BCUT2D eigenvalue weighted by atomic mass is 9.95. The van der Waals surface area contributed by atoms with Crippen molar-refractivity contribution in [2.75, 3.05) is 54.9 Å². The summed E-state index contributed by atoms with van der Waals surface area (Å²) in [6, 6.07) is 0.384. The zero-order chi connectivity index (χ0) is 13.5. The number of rotatable bonds is 9. The molecule has 4 nitrogen and oxygen atoms in total. The van der Waals surface area contributed by atoms with Crippen LogP contribution in [0.1, 0.15) is 20.3 Å². The summed E-state index contributed by atoms with van der Waals surface area (Å²) in [6.45, 7) is 7.57. The van der Waals surface area contributed by atoms with Crippen LogP contribution in [0.3, 0.4) is 0 Å². The van der Waals surface area contributed by atoms with E-state index in [4.69, 9.17) is 4.74 Å². The molecule has 1 atom stereocenters. The highest BCUT2D eigenvalue weighted by molar-refractivity contribution is 4.84. The molecule has 0 aliphatic heterocycles. The van der Waals surface area contributed by atoms with Crippen molar-refractivity contribution in [3.05, 3.63) is 0 Å². The summed E-state index contributed by atoms with van der Waals surface area (Å²) in [5.41, 5.74) is -0.114. The van der Waals surface area contributed by atoms with Gasteiger partial charge in [0.1, 0.15) is 0 Å². The molecule has 0 aromatic rings. The van der Waals surface area contributed by atoms with Gasteiger partial charge in [-0.15, -0.1) is 0 Å². The number of methoxy groups -OCH3 is 1. The Morgan fingerprint density at radius 3 is 2.12 bits per heavy atom. The highest BCUT2D eigenvalue weighted by Gasteiger charge is 2.27. The molecule has 0 aliphatic carbocycles. The molecule has 0 aromatic heterocycles. The molecule has 1 N–H and O–H groups in total. The van der Waals surface area contributed by atoms with Crippen LogP contribution in [0.25, 0.3) is 0 Å². The van der Waals surface area contributed by atoms with Crippen LogP contribution in [0.4, 0.5) is 0 Å². The quantitative estimate of drug-likeness (QED) is 0.653. The van der Waals surface area contributed by atoms with E-state index in [2.05, 4.69) is 50.1 Å². The minimum atomic E-state index is -0.114. The minimum Gasteiger partial charge on any atom is -0.377 e. The van der Waals surface area contributed by atoms with Crippen molar-refractivity contribution in [3.63, 3.8) is 0 Å². The van der Waals surface area contributed by atoms with Gasteiger partial charge in [-0.2, -0.15) is 0 Å². The fourth-order valence-corrected chi connectivity index (χ4v) is 1.81. The number of nitrogens with zero attached hydrogens (tertiary/aromatic N) is 2. The average Bonchev–Trinajstić information content (AvgIpc) is 2.26. The Labute approximate surface area is 107 Å². The summed E-state index contributed by atoms with van der Waals surface area (Å²) in [4.78, 5) is 4.58. The van der Waals surface area contributed by atoms with Gasteiger partial charge >= 0.3 is 0 Å². The Balaban J connectivity index is 3.98. The van der Waals surface area contributed by atoms with Crippen LogP contribution in [0.5, 0.6) is 0 Å². The molecule has 0 saturated carbocycles. The lowest BCUT2D eigenvalue weighted by Crippen LogP contribution is -2.48. The molecule has 0 radical (unpaired) electrons. The molecule has 0 rings (SSSR count). The Morgan fingerprint density at radius 2 is 1.71 bits per heavy atom. The highest BCUT2D eigenvalue weighted by atomic mass is 16.5. The lowest BCUT2D eigenvalue weighted by Gasteiger charge is -2.34. The molecule has 0 fully saturated rings. The third-order valence-corrected chi connectivity index (χ3v) is 3.44. The summed E-state index contributed by atoms with van der Waals surface area (Å²) in [5, 5.41) is 3.35. The number of hydrogen-bond donors (Lipinski definition) is 1. The molecule has 0 spiro atoms. The van der Waals surface area contributed by atoms with Gasteiger partial charge in [0.15, 0.2) is 0 Å². The number of ether oxygens (including phenoxy) is 1. The highest BCUT2D eigenvalue weighted by Crippen LogP contribution is 2.16. The third-order valence-electron chi connectivity index (χ3n) is 3.44. The van der Waals surface area contributed by atoms with Gasteiger partial charge in [0, 0.05) is 26.2 Å². The van der Waals surface area contributed by atoms with Gasteiger partial charge in [0.25, 0.3) is 0 Å². The second-order valence-electron chi connectivity index (χ2n) is 5.54. The maximum absolute atomic E-state index is 5.53. The van der Waals surface area contributed by atoms with E-state index in [0.717, 1.165) is 26.1 Å². The zero-order valence-electron chi connectivity index (χ0n) is 12.7. The van der Waals surface area contributed by atoms with E-state index in [9.17, 15) is 0 Å². The second-order valence-corrected chi connectivity index (χ2v) is 5.54. The van der Waals surface area contributed by atoms with Gasteiger partial charge < -0.3 is 19.9 Å². The summed E-state index contributed by atoms with van der Waals surface area (Å²) in [5.74, 6) is 0. The van der Waals surface area contributed by atoms with Crippen molar-refractivity contribution in [2.24, 2.45) is 0 Å². The Kier molecular flexibility index (Phi) is 7.96. The SMILES string of the molecule is CNC(CCN(C)CCN(C)C)C(C)(C)OC. The molecule has 4 heteroatoms. The van der Waals surface area contributed by atoms with Gasteiger partial charge in [0.2, 0.25) is 0 Å². The van der Waals surface area contributed by atoms with E-state index >= 15 is 0 Å². The van der Waals surface area contributed by atoms with E-state index in [-0.39, 0.29) is 5.60 Å². The second kappa shape index (κ2) is 8.03. The van der Waals surface area contributed by atoms with E-state index < -0.39 is 0 Å². The molecular weight excluding hydrogens is 214 g/mol. The molecule has 0 saturated heterocycles. The van der Waals surface area contributed by atoms with Crippen LogP contribution < -0.4 is 5.32 Å². The van der Waals surface area contributed by atoms with E-state index in [1.165, 1.54) is 0 Å². The molecule has 0 aromatic carbocycles. The lowest BCUT2D eigenvalue weighted by molar-refractivity contribution is -0.0123. The molecule has 0 aliphatic rings. The molecule has 0 heterocycles. The monoisotopic (exact) mass is 245 g/mol. The summed E-state index contributed by atoms with van der Waals surface area (Å²) in [6.07, 6.45) is 1.10. The average molecular weight is 245 g/mol.